The van der Waals surface area contributed by atoms with Crippen molar-refractivity contribution in [3.63, 3.8) is 0 Å². The standard InChI is InChI=1S/C65H43N3/c1-42-24-25-45(30-32-54(50-28-26-43-13-2-4-15-46(43)37-50)56-21-9-11-23-58(56)63(42)51-29-27-44-14-3-5-16-47(44)38-51)48-31-33-60-59(39-48)64-61(34-36-67-65(64)52-18-12-35-66-41-52)68(60)62-40-49-17-6-7-19-53(49)55-20-8-10-22-57(55)62/h2-31,33-41H,1,32H2/b25-24-,45-30+,56-54+,63-58?. The Kier molecular flexibility index (Phi) is 9.40. The highest BCUT2D eigenvalue weighted by Gasteiger charge is 2.21. The summed E-state index contributed by atoms with van der Waals surface area (Å²) in [5.74, 6) is 0. The minimum atomic E-state index is 0.706. The summed E-state index contributed by atoms with van der Waals surface area (Å²) in [6.45, 7) is 4.83. The lowest BCUT2D eigenvalue weighted by Gasteiger charge is -2.16. The van der Waals surface area contributed by atoms with E-state index in [1.165, 1.54) is 64.7 Å². The normalized spacial score (nSPS) is 15.3. The van der Waals surface area contributed by atoms with Crippen LogP contribution in [0.25, 0.3) is 98.6 Å². The highest BCUT2D eigenvalue weighted by Crippen LogP contribution is 2.42. The first kappa shape index (κ1) is 39.4. The summed E-state index contributed by atoms with van der Waals surface area (Å²) >= 11 is 0. The zero-order chi connectivity index (χ0) is 45.1. The van der Waals surface area contributed by atoms with E-state index < -0.39 is 0 Å². The minimum Gasteiger partial charge on any atom is -0.308 e. The smallest absolute Gasteiger partial charge is 0.0817 e. The first-order valence-electron chi connectivity index (χ1n) is 23.3. The molecule has 3 heteroatoms. The maximum absolute atomic E-state index is 5.09. The molecule has 0 spiro atoms. The quantitative estimate of drug-likeness (QED) is 0.161. The van der Waals surface area contributed by atoms with E-state index in [1.54, 1.807) is 0 Å². The summed E-state index contributed by atoms with van der Waals surface area (Å²) in [6, 6.07) is 72.9. The molecule has 12 aromatic rings. The molecule has 3 heterocycles. The van der Waals surface area contributed by atoms with Crippen LogP contribution in [-0.2, 0) is 0 Å². The van der Waals surface area contributed by atoms with Crippen LogP contribution < -0.4 is 10.4 Å². The average molecular weight is 866 g/mol. The lowest BCUT2D eigenvalue weighted by atomic mass is 9.88. The molecule has 3 aromatic heterocycles. The van der Waals surface area contributed by atoms with E-state index >= 15 is 0 Å². The molecule has 13 rings (SSSR count). The first-order chi connectivity index (χ1) is 33.6. The van der Waals surface area contributed by atoms with Gasteiger partial charge in [-0.1, -0.05) is 176 Å². The van der Waals surface area contributed by atoms with Crippen LogP contribution in [0, 0.1) is 0 Å². The van der Waals surface area contributed by atoms with Crippen LogP contribution in [0.4, 0.5) is 0 Å². The van der Waals surface area contributed by atoms with Crippen molar-refractivity contribution in [2.45, 2.75) is 6.42 Å². The highest BCUT2D eigenvalue weighted by molar-refractivity contribution is 6.18. The molecule has 0 radical (unpaired) electrons. The van der Waals surface area contributed by atoms with Gasteiger partial charge in [-0.3, -0.25) is 9.97 Å². The zero-order valence-corrected chi connectivity index (χ0v) is 37.3. The van der Waals surface area contributed by atoms with Gasteiger partial charge in [-0.2, -0.15) is 0 Å². The Hall–Kier alpha value is -8.92. The fourth-order valence-electron chi connectivity index (χ4n) is 10.7. The van der Waals surface area contributed by atoms with Crippen molar-refractivity contribution in [3.8, 4) is 16.9 Å². The van der Waals surface area contributed by atoms with Crippen molar-refractivity contribution in [2.75, 3.05) is 0 Å². The van der Waals surface area contributed by atoms with Crippen molar-refractivity contribution < 1.29 is 0 Å². The third-order valence-corrected chi connectivity index (χ3v) is 13.9. The number of pyridine rings is 2. The maximum Gasteiger partial charge on any atom is 0.0817 e. The molecule has 0 unspecified atom stereocenters. The molecular weight excluding hydrogens is 823 g/mol. The number of nitrogens with zero attached hydrogens (tertiary/aromatic N) is 3. The monoisotopic (exact) mass is 865 g/mol. The van der Waals surface area contributed by atoms with Gasteiger partial charge in [0.15, 0.2) is 0 Å². The van der Waals surface area contributed by atoms with E-state index in [2.05, 4.69) is 222 Å². The number of aromatic nitrogens is 3. The van der Waals surface area contributed by atoms with Crippen LogP contribution in [0.15, 0.2) is 249 Å². The molecule has 68 heavy (non-hydrogen) atoms. The van der Waals surface area contributed by atoms with Crippen molar-refractivity contribution in [2.24, 2.45) is 0 Å². The number of hydrogen-bond acceptors (Lipinski definition) is 2. The van der Waals surface area contributed by atoms with Gasteiger partial charge in [-0.15, -0.1) is 0 Å². The van der Waals surface area contributed by atoms with Gasteiger partial charge in [-0.05, 0) is 142 Å². The minimum absolute atomic E-state index is 0.706. The van der Waals surface area contributed by atoms with Crippen molar-refractivity contribution in [1.29, 1.82) is 0 Å². The van der Waals surface area contributed by atoms with E-state index in [0.29, 0.717) is 6.42 Å². The molecule has 0 fully saturated rings. The van der Waals surface area contributed by atoms with Gasteiger partial charge in [0.05, 0.1) is 22.4 Å². The fraction of sp³-hybridized carbons (Fsp3) is 0.0154. The fourth-order valence-corrected chi connectivity index (χ4v) is 10.7. The largest absolute Gasteiger partial charge is 0.308 e. The maximum atomic E-state index is 5.09. The molecule has 0 aliphatic heterocycles. The summed E-state index contributed by atoms with van der Waals surface area (Å²) in [5.41, 5.74) is 13.1. The molecule has 0 saturated heterocycles. The van der Waals surface area contributed by atoms with Crippen molar-refractivity contribution >= 4 is 81.6 Å². The summed E-state index contributed by atoms with van der Waals surface area (Å²) in [4.78, 5) is 9.64. The predicted octanol–water partition coefficient (Wildman–Crippen LogP) is 14.9. The third kappa shape index (κ3) is 6.59. The molecule has 1 aliphatic carbocycles. The highest BCUT2D eigenvalue weighted by atomic mass is 15.0. The summed E-state index contributed by atoms with van der Waals surface area (Å²) in [7, 11) is 0. The van der Waals surface area contributed by atoms with Gasteiger partial charge >= 0.3 is 0 Å². The van der Waals surface area contributed by atoms with E-state index in [1.807, 2.05) is 24.7 Å². The number of rotatable bonds is 5. The number of hydrogen-bond donors (Lipinski definition) is 0. The summed E-state index contributed by atoms with van der Waals surface area (Å²) in [5, 5.41) is 14.3. The second-order valence-electron chi connectivity index (χ2n) is 17.8. The SMILES string of the molecule is C=C1/C=C\C(c2ccc3c(c2)c2c(-c4cccnc4)nccc2n3-c2cc3ccccc3c3ccccc23)=C/C/C(c2ccc3ccccc3c2)=c2/ccccc2=C1c1ccc2ccccc2c1. The van der Waals surface area contributed by atoms with Gasteiger partial charge in [0.1, 0.15) is 0 Å². The molecule has 9 aromatic carbocycles. The van der Waals surface area contributed by atoms with Crippen LogP contribution in [0.2, 0.25) is 0 Å². The molecule has 3 nitrogen and oxygen atoms in total. The summed E-state index contributed by atoms with van der Waals surface area (Å²) in [6.07, 6.45) is 13.3. The van der Waals surface area contributed by atoms with Crippen molar-refractivity contribution in [1.82, 2.24) is 14.5 Å². The van der Waals surface area contributed by atoms with Crippen LogP contribution in [0.3, 0.4) is 0 Å². The Morgan fingerprint density at radius 1 is 0.441 bits per heavy atom. The van der Waals surface area contributed by atoms with E-state index in [0.717, 1.165) is 66.6 Å². The van der Waals surface area contributed by atoms with Crippen LogP contribution in [-0.4, -0.2) is 14.5 Å². The Bertz CT molecular complexity index is 4240. The lowest BCUT2D eigenvalue weighted by molar-refractivity contribution is 1.19. The third-order valence-electron chi connectivity index (χ3n) is 13.9. The topological polar surface area (TPSA) is 30.7 Å². The van der Waals surface area contributed by atoms with Gasteiger partial charge in [0.2, 0.25) is 0 Å². The predicted molar refractivity (Wildman–Crippen MR) is 286 cm³/mol. The molecule has 0 bridgehead atoms. The number of allylic oxidation sites excluding steroid dienone is 5. The van der Waals surface area contributed by atoms with E-state index in [-0.39, 0.29) is 0 Å². The van der Waals surface area contributed by atoms with Gasteiger partial charge in [0, 0.05) is 40.3 Å². The van der Waals surface area contributed by atoms with E-state index in [4.69, 9.17) is 11.6 Å². The lowest BCUT2D eigenvalue weighted by Crippen LogP contribution is -2.30. The molecule has 0 amide bonds. The van der Waals surface area contributed by atoms with Crippen LogP contribution in [0.1, 0.15) is 23.1 Å². The first-order valence-corrected chi connectivity index (χ1v) is 23.3. The van der Waals surface area contributed by atoms with Crippen molar-refractivity contribution in [3.05, 3.63) is 276 Å². The number of benzene rings is 9. The Balaban J connectivity index is 1.07. The second kappa shape index (κ2) is 16.2. The van der Waals surface area contributed by atoms with Crippen LogP contribution in [0.5, 0.6) is 0 Å². The molecule has 0 N–H and O–H groups in total. The van der Waals surface area contributed by atoms with E-state index in [9.17, 15) is 0 Å². The van der Waals surface area contributed by atoms with Gasteiger partial charge in [-0.25, -0.2) is 0 Å². The molecule has 0 saturated carbocycles. The Morgan fingerprint density at radius 3 is 1.88 bits per heavy atom. The Morgan fingerprint density at radius 2 is 1.10 bits per heavy atom. The molecule has 1 aliphatic rings. The molecule has 0 atom stereocenters. The second-order valence-corrected chi connectivity index (χ2v) is 17.8. The number of fused-ring (bicyclic) bond motifs is 9. The zero-order valence-electron chi connectivity index (χ0n) is 37.3. The van der Waals surface area contributed by atoms with Gasteiger partial charge < -0.3 is 4.57 Å². The average Bonchev–Trinajstić information content (AvgIpc) is 3.73. The van der Waals surface area contributed by atoms with Gasteiger partial charge in [0.25, 0.3) is 0 Å². The molecular formula is C65H43N3. The summed E-state index contributed by atoms with van der Waals surface area (Å²) < 4.78 is 2.44. The van der Waals surface area contributed by atoms with Crippen LogP contribution >= 0.6 is 0 Å². The molecule has 318 valence electrons. The Labute approximate surface area is 393 Å².